The molecule has 21 heavy (non-hydrogen) atoms. The van der Waals surface area contributed by atoms with Crippen molar-refractivity contribution in [1.29, 1.82) is 0 Å². The Bertz CT molecular complexity index is 659. The normalized spacial score (nSPS) is 12.3. The van der Waals surface area contributed by atoms with Crippen molar-refractivity contribution >= 4 is 5.69 Å². The highest BCUT2D eigenvalue weighted by atomic mass is 19.2. The van der Waals surface area contributed by atoms with Gasteiger partial charge in [-0.1, -0.05) is 6.07 Å². The van der Waals surface area contributed by atoms with E-state index in [2.05, 4.69) is 5.32 Å². The Kier molecular flexibility index (Phi) is 4.11. The first-order chi connectivity index (χ1) is 9.81. The average molecular weight is 305 g/mol. The second-order valence-corrected chi connectivity index (χ2v) is 4.38. The molecule has 1 nitrogen and oxygen atoms in total. The molecule has 2 aromatic carbocycles. The minimum absolute atomic E-state index is 0.0814. The maximum atomic E-state index is 13.5. The fourth-order valence-electron chi connectivity index (χ4n) is 1.78. The molecule has 0 saturated heterocycles. The molecular formula is C14H9F6N. The lowest BCUT2D eigenvalue weighted by Gasteiger charge is -2.17. The zero-order chi connectivity index (χ0) is 15.7. The van der Waals surface area contributed by atoms with Crippen LogP contribution in [0.2, 0.25) is 0 Å². The Morgan fingerprint density at radius 3 is 1.86 bits per heavy atom. The summed E-state index contributed by atoms with van der Waals surface area (Å²) in [4.78, 5) is 0. The summed E-state index contributed by atoms with van der Waals surface area (Å²) in [5.41, 5.74) is -0.859. The summed E-state index contributed by atoms with van der Waals surface area (Å²) in [7, 11) is 0. The number of hydrogen-bond donors (Lipinski definition) is 1. The molecule has 1 unspecified atom stereocenters. The van der Waals surface area contributed by atoms with Crippen LogP contribution in [0.25, 0.3) is 0 Å². The molecule has 0 saturated carbocycles. The molecule has 0 aliphatic rings. The summed E-state index contributed by atoms with van der Waals surface area (Å²) in [5.74, 6) is -8.54. The Morgan fingerprint density at radius 1 is 0.762 bits per heavy atom. The van der Waals surface area contributed by atoms with Crippen LogP contribution >= 0.6 is 0 Å². The molecule has 112 valence electrons. The minimum atomic E-state index is -1.59. The molecule has 0 spiro atoms. The van der Waals surface area contributed by atoms with Crippen LogP contribution in [0.1, 0.15) is 18.5 Å². The quantitative estimate of drug-likeness (QED) is 0.640. The van der Waals surface area contributed by atoms with E-state index in [1.807, 2.05) is 0 Å². The van der Waals surface area contributed by atoms with Crippen molar-refractivity contribution in [3.05, 3.63) is 64.7 Å². The van der Waals surface area contributed by atoms with Crippen LogP contribution in [-0.4, -0.2) is 0 Å². The number of benzene rings is 2. The molecule has 0 bridgehead atoms. The van der Waals surface area contributed by atoms with E-state index in [9.17, 15) is 26.3 Å². The summed E-state index contributed by atoms with van der Waals surface area (Å²) in [6, 6.07) is 2.00. The van der Waals surface area contributed by atoms with E-state index in [4.69, 9.17) is 0 Å². The molecular weight excluding hydrogens is 296 g/mol. The fourth-order valence-corrected chi connectivity index (χ4v) is 1.78. The van der Waals surface area contributed by atoms with E-state index >= 15 is 0 Å². The van der Waals surface area contributed by atoms with Gasteiger partial charge in [-0.05, 0) is 24.6 Å². The molecule has 1 atom stereocenters. The maximum absolute atomic E-state index is 13.5. The third-order valence-corrected chi connectivity index (χ3v) is 2.92. The van der Waals surface area contributed by atoms with Gasteiger partial charge in [-0.2, -0.15) is 0 Å². The Balaban J connectivity index is 2.35. The zero-order valence-electron chi connectivity index (χ0n) is 10.7. The molecule has 1 N–H and O–H groups in total. The lowest BCUT2D eigenvalue weighted by molar-refractivity contribution is 0.457. The summed E-state index contributed by atoms with van der Waals surface area (Å²) in [5, 5.41) is 2.20. The van der Waals surface area contributed by atoms with Gasteiger partial charge in [0.1, 0.15) is 5.69 Å². The smallest absolute Gasteiger partial charge is 0.185 e. The van der Waals surface area contributed by atoms with Crippen molar-refractivity contribution in [1.82, 2.24) is 0 Å². The van der Waals surface area contributed by atoms with E-state index < -0.39 is 46.6 Å². The molecule has 0 aromatic heterocycles. The van der Waals surface area contributed by atoms with Gasteiger partial charge in [-0.15, -0.1) is 0 Å². The maximum Gasteiger partial charge on any atom is 0.185 e. The van der Waals surface area contributed by atoms with Crippen LogP contribution in [0.3, 0.4) is 0 Å². The van der Waals surface area contributed by atoms with Crippen LogP contribution in [0.4, 0.5) is 32.0 Å². The number of halogens is 6. The third-order valence-electron chi connectivity index (χ3n) is 2.92. The van der Waals surface area contributed by atoms with Crippen molar-refractivity contribution in [2.75, 3.05) is 5.32 Å². The largest absolute Gasteiger partial charge is 0.374 e. The number of rotatable bonds is 3. The van der Waals surface area contributed by atoms with Crippen molar-refractivity contribution in [3.63, 3.8) is 0 Å². The SMILES string of the molecule is CC(Nc1c(F)c(F)cc(F)c1F)c1ccc(F)c(F)c1. The van der Waals surface area contributed by atoms with Crippen molar-refractivity contribution < 1.29 is 26.3 Å². The van der Waals surface area contributed by atoms with E-state index in [0.717, 1.165) is 12.1 Å². The van der Waals surface area contributed by atoms with Crippen LogP contribution < -0.4 is 5.32 Å². The lowest BCUT2D eigenvalue weighted by Crippen LogP contribution is -2.12. The summed E-state index contributed by atoms with van der Waals surface area (Å²) in [6.07, 6.45) is 0. The molecule has 0 heterocycles. The van der Waals surface area contributed by atoms with Crippen LogP contribution in [0, 0.1) is 34.9 Å². The highest BCUT2D eigenvalue weighted by molar-refractivity contribution is 5.49. The molecule has 0 aliphatic carbocycles. The topological polar surface area (TPSA) is 12.0 Å². The summed E-state index contributed by atoms with van der Waals surface area (Å²) in [6.45, 7) is 1.37. The van der Waals surface area contributed by atoms with Crippen LogP contribution in [0.5, 0.6) is 0 Å². The van der Waals surface area contributed by atoms with Gasteiger partial charge in [0.05, 0.1) is 0 Å². The second kappa shape index (κ2) is 5.67. The second-order valence-electron chi connectivity index (χ2n) is 4.38. The highest BCUT2D eigenvalue weighted by Crippen LogP contribution is 2.28. The molecule has 2 aromatic rings. The average Bonchev–Trinajstić information content (AvgIpc) is 2.44. The molecule has 0 amide bonds. The summed E-state index contributed by atoms with van der Waals surface area (Å²) >= 11 is 0. The van der Waals surface area contributed by atoms with E-state index in [-0.39, 0.29) is 11.6 Å². The Morgan fingerprint density at radius 2 is 1.33 bits per heavy atom. The highest BCUT2D eigenvalue weighted by Gasteiger charge is 2.21. The van der Waals surface area contributed by atoms with Crippen molar-refractivity contribution in [3.8, 4) is 0 Å². The van der Waals surface area contributed by atoms with Gasteiger partial charge >= 0.3 is 0 Å². The lowest BCUT2D eigenvalue weighted by atomic mass is 10.1. The van der Waals surface area contributed by atoms with E-state index in [1.54, 1.807) is 0 Å². The first-order valence-corrected chi connectivity index (χ1v) is 5.85. The monoisotopic (exact) mass is 305 g/mol. The first kappa shape index (κ1) is 15.2. The van der Waals surface area contributed by atoms with E-state index in [0.29, 0.717) is 0 Å². The van der Waals surface area contributed by atoms with Gasteiger partial charge in [0, 0.05) is 12.1 Å². The van der Waals surface area contributed by atoms with Crippen molar-refractivity contribution in [2.45, 2.75) is 13.0 Å². The zero-order valence-corrected chi connectivity index (χ0v) is 10.7. The first-order valence-electron chi connectivity index (χ1n) is 5.85. The van der Waals surface area contributed by atoms with Crippen molar-refractivity contribution in [2.24, 2.45) is 0 Å². The number of hydrogen-bond acceptors (Lipinski definition) is 1. The predicted molar refractivity (Wildman–Crippen MR) is 64.7 cm³/mol. The minimum Gasteiger partial charge on any atom is -0.374 e. The van der Waals surface area contributed by atoms with Gasteiger partial charge in [0.2, 0.25) is 0 Å². The Hall–Kier alpha value is -2.18. The Labute approximate surface area is 116 Å². The van der Waals surface area contributed by atoms with E-state index in [1.165, 1.54) is 13.0 Å². The van der Waals surface area contributed by atoms with Crippen LogP contribution in [0.15, 0.2) is 24.3 Å². The third kappa shape index (κ3) is 2.96. The standard InChI is InChI=1S/C14H9F6N/c1-6(7-2-3-8(15)9(16)4-7)21-14-12(19)10(17)5-11(18)13(14)20/h2-6,21H,1H3. The molecule has 0 aliphatic heterocycles. The fraction of sp³-hybridized carbons (Fsp3) is 0.143. The molecule has 0 radical (unpaired) electrons. The molecule has 2 rings (SSSR count). The van der Waals surface area contributed by atoms with Crippen LogP contribution in [-0.2, 0) is 0 Å². The predicted octanol–water partition coefficient (Wildman–Crippen LogP) is 4.69. The summed E-state index contributed by atoms with van der Waals surface area (Å²) < 4.78 is 79.0. The number of nitrogens with one attached hydrogen (secondary N) is 1. The van der Waals surface area contributed by atoms with Gasteiger partial charge < -0.3 is 5.32 Å². The molecule has 0 fully saturated rings. The van der Waals surface area contributed by atoms with Gasteiger partial charge in [0.25, 0.3) is 0 Å². The van der Waals surface area contributed by atoms with Gasteiger partial charge in [-0.3, -0.25) is 0 Å². The molecule has 7 heteroatoms. The van der Waals surface area contributed by atoms with Gasteiger partial charge in [0.15, 0.2) is 34.9 Å². The number of anilines is 1. The van der Waals surface area contributed by atoms with Gasteiger partial charge in [-0.25, -0.2) is 26.3 Å².